The monoisotopic (exact) mass is 495 g/mol. The molecule has 1 aliphatic rings. The summed E-state index contributed by atoms with van der Waals surface area (Å²) in [4.78, 5) is 17.0. The molecule has 3 aromatic rings. The van der Waals surface area contributed by atoms with Crippen LogP contribution in [-0.4, -0.2) is 61.7 Å². The molecule has 0 N–H and O–H groups in total. The van der Waals surface area contributed by atoms with E-state index < -0.39 is 10.0 Å². The number of piperazine rings is 1. The third kappa shape index (κ3) is 5.78. The third-order valence-corrected chi connectivity index (χ3v) is 8.45. The summed E-state index contributed by atoms with van der Waals surface area (Å²) in [5, 5.41) is 0. The van der Waals surface area contributed by atoms with Gasteiger partial charge in [-0.3, -0.25) is 9.69 Å². The normalized spacial score (nSPS) is 16.1. The number of amides is 1. The van der Waals surface area contributed by atoms with E-state index in [0.29, 0.717) is 31.7 Å². The fourth-order valence-electron chi connectivity index (χ4n) is 4.25. The Morgan fingerprint density at radius 2 is 1.60 bits per heavy atom. The molecular formula is C27H30FN3O3S. The largest absolute Gasteiger partial charge is 0.335 e. The van der Waals surface area contributed by atoms with Gasteiger partial charge in [-0.05, 0) is 48.4 Å². The van der Waals surface area contributed by atoms with Crippen molar-refractivity contribution in [2.75, 3.05) is 33.2 Å². The van der Waals surface area contributed by atoms with Crippen LogP contribution in [0.25, 0.3) is 0 Å². The van der Waals surface area contributed by atoms with Crippen LogP contribution in [-0.2, 0) is 16.6 Å². The van der Waals surface area contributed by atoms with Crippen LogP contribution in [0.3, 0.4) is 0 Å². The van der Waals surface area contributed by atoms with Crippen molar-refractivity contribution in [3.05, 3.63) is 101 Å². The van der Waals surface area contributed by atoms with Gasteiger partial charge < -0.3 is 4.90 Å². The molecule has 0 radical (unpaired) electrons. The molecule has 0 aliphatic carbocycles. The number of hydrogen-bond acceptors (Lipinski definition) is 4. The molecule has 3 aromatic carbocycles. The zero-order valence-corrected chi connectivity index (χ0v) is 20.8. The van der Waals surface area contributed by atoms with Crippen LogP contribution in [0.4, 0.5) is 4.39 Å². The molecule has 1 atom stereocenters. The van der Waals surface area contributed by atoms with E-state index in [-0.39, 0.29) is 22.7 Å². The molecule has 0 aromatic heterocycles. The predicted molar refractivity (Wildman–Crippen MR) is 134 cm³/mol. The first-order chi connectivity index (χ1) is 16.8. The summed E-state index contributed by atoms with van der Waals surface area (Å²) >= 11 is 0. The van der Waals surface area contributed by atoms with E-state index in [1.807, 2.05) is 25.1 Å². The van der Waals surface area contributed by atoms with E-state index in [2.05, 4.69) is 17.0 Å². The Morgan fingerprint density at radius 1 is 0.943 bits per heavy atom. The van der Waals surface area contributed by atoms with Crippen molar-refractivity contribution in [3.8, 4) is 0 Å². The first-order valence-electron chi connectivity index (χ1n) is 11.6. The summed E-state index contributed by atoms with van der Waals surface area (Å²) in [6, 6.07) is 22.0. The van der Waals surface area contributed by atoms with Gasteiger partial charge in [0.05, 0.1) is 10.9 Å². The summed E-state index contributed by atoms with van der Waals surface area (Å²) < 4.78 is 41.4. The summed E-state index contributed by atoms with van der Waals surface area (Å²) in [5.74, 6) is -0.639. The minimum Gasteiger partial charge on any atom is -0.335 e. The second kappa shape index (κ2) is 10.7. The molecule has 8 heteroatoms. The Bertz CT molecular complexity index is 1260. The first-order valence-corrected chi connectivity index (χ1v) is 13.1. The minimum atomic E-state index is -3.72. The lowest BCUT2D eigenvalue weighted by atomic mass is 10.1. The molecule has 1 aliphatic heterocycles. The van der Waals surface area contributed by atoms with Crippen LogP contribution in [0.2, 0.25) is 0 Å². The van der Waals surface area contributed by atoms with Gasteiger partial charge in [0.2, 0.25) is 10.0 Å². The fraction of sp³-hybridized carbons (Fsp3) is 0.296. The molecule has 35 heavy (non-hydrogen) atoms. The lowest BCUT2D eigenvalue weighted by molar-refractivity contribution is 0.0742. The van der Waals surface area contributed by atoms with Gasteiger partial charge in [0, 0.05) is 45.3 Å². The van der Waals surface area contributed by atoms with Gasteiger partial charge in [-0.2, -0.15) is 4.31 Å². The van der Waals surface area contributed by atoms with Gasteiger partial charge in [0.25, 0.3) is 5.91 Å². The van der Waals surface area contributed by atoms with Crippen molar-refractivity contribution < 1.29 is 17.6 Å². The quantitative estimate of drug-likeness (QED) is 0.494. The topological polar surface area (TPSA) is 60.9 Å². The molecule has 1 unspecified atom stereocenters. The molecule has 0 spiro atoms. The molecule has 1 amide bonds. The first kappa shape index (κ1) is 25.0. The number of halogens is 1. The lowest BCUT2D eigenvalue weighted by Crippen LogP contribution is -2.48. The molecule has 1 fully saturated rings. The Hall–Kier alpha value is -3.07. The summed E-state index contributed by atoms with van der Waals surface area (Å²) in [6.07, 6.45) is 0. The van der Waals surface area contributed by atoms with Gasteiger partial charge in [0.1, 0.15) is 5.82 Å². The number of sulfonamides is 1. The minimum absolute atomic E-state index is 0.114. The molecule has 1 saturated heterocycles. The van der Waals surface area contributed by atoms with E-state index in [1.165, 1.54) is 39.0 Å². The van der Waals surface area contributed by atoms with Gasteiger partial charge >= 0.3 is 0 Å². The maximum Gasteiger partial charge on any atom is 0.254 e. The molecule has 4 rings (SSSR count). The highest BCUT2D eigenvalue weighted by Crippen LogP contribution is 2.24. The molecule has 6 nitrogen and oxygen atoms in total. The van der Waals surface area contributed by atoms with Crippen LogP contribution in [0.15, 0.2) is 83.8 Å². The van der Waals surface area contributed by atoms with E-state index in [4.69, 9.17) is 0 Å². The highest BCUT2D eigenvalue weighted by Gasteiger charge is 2.29. The maximum absolute atomic E-state index is 13.3. The highest BCUT2D eigenvalue weighted by molar-refractivity contribution is 7.89. The van der Waals surface area contributed by atoms with Crippen molar-refractivity contribution in [2.24, 2.45) is 0 Å². The van der Waals surface area contributed by atoms with Crippen molar-refractivity contribution in [2.45, 2.75) is 24.4 Å². The second-order valence-electron chi connectivity index (χ2n) is 8.84. The van der Waals surface area contributed by atoms with Gasteiger partial charge in [0.15, 0.2) is 0 Å². The fourth-order valence-corrected chi connectivity index (χ4v) is 5.72. The van der Waals surface area contributed by atoms with Crippen molar-refractivity contribution in [3.63, 3.8) is 0 Å². The van der Waals surface area contributed by atoms with Crippen LogP contribution in [0, 0.1) is 5.82 Å². The summed E-state index contributed by atoms with van der Waals surface area (Å²) in [5.41, 5.74) is 2.29. The van der Waals surface area contributed by atoms with Crippen LogP contribution in [0.5, 0.6) is 0 Å². The highest BCUT2D eigenvalue weighted by atomic mass is 32.2. The molecule has 0 saturated carbocycles. The summed E-state index contributed by atoms with van der Waals surface area (Å²) in [7, 11) is -2.07. The maximum atomic E-state index is 13.3. The number of benzene rings is 3. The Kier molecular flexibility index (Phi) is 7.64. The number of nitrogens with zero attached hydrogens (tertiary/aromatic N) is 3. The van der Waals surface area contributed by atoms with E-state index in [9.17, 15) is 17.6 Å². The number of hydrogen-bond donors (Lipinski definition) is 0. The third-order valence-electron chi connectivity index (χ3n) is 6.55. The average molecular weight is 496 g/mol. The predicted octanol–water partition coefficient (Wildman–Crippen LogP) is 4.17. The average Bonchev–Trinajstić information content (AvgIpc) is 2.89. The SMILES string of the molecule is CC(c1ccc(F)cc1)N(C)C(=O)c1cccc(S(=O)(=O)N2CCN(Cc3ccccc3)CC2)c1. The lowest BCUT2D eigenvalue weighted by Gasteiger charge is -2.34. The zero-order chi connectivity index (χ0) is 25.0. The Morgan fingerprint density at radius 3 is 2.26 bits per heavy atom. The Labute approximate surface area is 206 Å². The zero-order valence-electron chi connectivity index (χ0n) is 20.0. The summed E-state index contributed by atoms with van der Waals surface area (Å²) in [6.45, 7) is 4.72. The molecule has 0 bridgehead atoms. The molecule has 1 heterocycles. The van der Waals surface area contributed by atoms with Gasteiger partial charge in [-0.1, -0.05) is 48.5 Å². The van der Waals surface area contributed by atoms with E-state index >= 15 is 0 Å². The smallest absolute Gasteiger partial charge is 0.254 e. The number of carbonyl (C=O) groups excluding carboxylic acids is 1. The van der Waals surface area contributed by atoms with Crippen molar-refractivity contribution >= 4 is 15.9 Å². The van der Waals surface area contributed by atoms with Crippen LogP contribution in [0.1, 0.15) is 34.5 Å². The molecular weight excluding hydrogens is 465 g/mol. The standard InChI is InChI=1S/C27H30FN3O3S/c1-21(23-11-13-25(28)14-12-23)29(2)27(32)24-9-6-10-26(19-24)35(33,34)31-17-15-30(16-18-31)20-22-7-4-3-5-8-22/h3-14,19,21H,15-18,20H2,1-2H3. The number of rotatable bonds is 7. The van der Waals surface area contributed by atoms with Crippen LogP contribution < -0.4 is 0 Å². The van der Waals surface area contributed by atoms with Crippen molar-refractivity contribution in [1.29, 1.82) is 0 Å². The van der Waals surface area contributed by atoms with E-state index in [1.54, 1.807) is 31.3 Å². The second-order valence-corrected chi connectivity index (χ2v) is 10.8. The molecule has 184 valence electrons. The Balaban J connectivity index is 1.43. The number of carbonyl (C=O) groups is 1. The van der Waals surface area contributed by atoms with Crippen LogP contribution >= 0.6 is 0 Å². The van der Waals surface area contributed by atoms with Crippen molar-refractivity contribution in [1.82, 2.24) is 14.1 Å². The van der Waals surface area contributed by atoms with Gasteiger partial charge in [-0.15, -0.1) is 0 Å². The van der Waals surface area contributed by atoms with E-state index in [0.717, 1.165) is 12.1 Å². The van der Waals surface area contributed by atoms with Gasteiger partial charge in [-0.25, -0.2) is 12.8 Å².